The van der Waals surface area contributed by atoms with Crippen molar-refractivity contribution in [1.29, 1.82) is 0 Å². The first-order valence-electron chi connectivity index (χ1n) is 9.38. The summed E-state index contributed by atoms with van der Waals surface area (Å²) in [5.41, 5.74) is 1.27. The zero-order valence-corrected chi connectivity index (χ0v) is 18.6. The van der Waals surface area contributed by atoms with Gasteiger partial charge in [0, 0.05) is 18.1 Å². The van der Waals surface area contributed by atoms with Crippen LogP contribution in [0.4, 0.5) is 5.69 Å². The number of ketones is 1. The number of anilines is 1. The molecule has 1 unspecified atom stereocenters. The summed E-state index contributed by atoms with van der Waals surface area (Å²) in [5, 5.41) is 16.6. The van der Waals surface area contributed by atoms with Crippen molar-refractivity contribution < 1.29 is 23.1 Å². The highest BCUT2D eigenvalue weighted by molar-refractivity contribution is 7.89. The predicted molar refractivity (Wildman–Crippen MR) is 118 cm³/mol. The van der Waals surface area contributed by atoms with Gasteiger partial charge in [-0.25, -0.2) is 18.5 Å². The number of amides is 1. The molecule has 32 heavy (non-hydrogen) atoms. The standard InChI is InChI=1S/C21H18N4O5S2/c1-11-20(31-12(2)24-11)18(26)16-17(13-7-9-23-10-8-13)25(21(28)19(16)27)14-3-5-15(6-4-14)32(22,29)30/h3-10,17,27H,1-2H3,(H2,22,29,30). The molecule has 1 aliphatic heterocycles. The number of benzene rings is 1. The number of sulfonamides is 1. The van der Waals surface area contributed by atoms with Crippen molar-refractivity contribution in [3.8, 4) is 0 Å². The topological polar surface area (TPSA) is 144 Å². The molecule has 0 spiro atoms. The van der Waals surface area contributed by atoms with Gasteiger partial charge in [-0.2, -0.15) is 0 Å². The number of carbonyl (C=O) groups excluding carboxylic acids is 2. The maximum absolute atomic E-state index is 13.4. The number of rotatable bonds is 5. The van der Waals surface area contributed by atoms with Gasteiger partial charge in [-0.3, -0.25) is 19.5 Å². The average Bonchev–Trinajstić information content (AvgIpc) is 3.23. The summed E-state index contributed by atoms with van der Waals surface area (Å²) >= 11 is 1.18. The van der Waals surface area contributed by atoms with Gasteiger partial charge in [-0.15, -0.1) is 11.3 Å². The summed E-state index contributed by atoms with van der Waals surface area (Å²) in [7, 11) is -3.93. The molecular formula is C21H18N4O5S2. The molecular weight excluding hydrogens is 452 g/mol. The third-order valence-corrected chi connectivity index (χ3v) is 7.03. The molecule has 1 aliphatic rings. The molecule has 1 amide bonds. The third kappa shape index (κ3) is 3.70. The van der Waals surface area contributed by atoms with Crippen LogP contribution in [0.15, 0.2) is 65.0 Å². The SMILES string of the molecule is Cc1nc(C)c(C(=O)C2=C(O)C(=O)N(c3ccc(S(N)(=O)=O)cc3)C2c2ccncc2)s1. The highest BCUT2D eigenvalue weighted by atomic mass is 32.2. The number of aliphatic hydroxyl groups excluding tert-OH is 1. The summed E-state index contributed by atoms with van der Waals surface area (Å²) in [5.74, 6) is -1.94. The molecule has 0 radical (unpaired) electrons. The number of hydrogen-bond acceptors (Lipinski definition) is 8. The van der Waals surface area contributed by atoms with Crippen molar-refractivity contribution in [2.75, 3.05) is 4.90 Å². The lowest BCUT2D eigenvalue weighted by molar-refractivity contribution is -0.117. The van der Waals surface area contributed by atoms with Gasteiger partial charge in [0.05, 0.1) is 32.1 Å². The second-order valence-electron chi connectivity index (χ2n) is 7.14. The minimum absolute atomic E-state index is 0.0801. The lowest BCUT2D eigenvalue weighted by atomic mass is 9.95. The van der Waals surface area contributed by atoms with Crippen molar-refractivity contribution in [2.24, 2.45) is 5.14 Å². The Morgan fingerprint density at radius 2 is 1.75 bits per heavy atom. The molecule has 3 heterocycles. The first-order valence-corrected chi connectivity index (χ1v) is 11.7. The van der Waals surface area contributed by atoms with Crippen molar-refractivity contribution in [2.45, 2.75) is 24.8 Å². The summed E-state index contributed by atoms with van der Waals surface area (Å²) in [4.78, 5) is 36.3. The van der Waals surface area contributed by atoms with Gasteiger partial charge in [0.2, 0.25) is 15.8 Å². The number of thiazole rings is 1. The van der Waals surface area contributed by atoms with Gasteiger partial charge >= 0.3 is 0 Å². The van der Waals surface area contributed by atoms with Gasteiger partial charge in [0.25, 0.3) is 5.91 Å². The van der Waals surface area contributed by atoms with Crippen LogP contribution in [0.3, 0.4) is 0 Å². The molecule has 1 atom stereocenters. The fourth-order valence-electron chi connectivity index (χ4n) is 3.63. The number of pyridine rings is 1. The molecule has 1 aromatic carbocycles. The Balaban J connectivity index is 1.86. The number of aromatic nitrogens is 2. The first kappa shape index (κ1) is 21.8. The molecule has 0 fully saturated rings. The Morgan fingerprint density at radius 1 is 1.12 bits per heavy atom. The Morgan fingerprint density at radius 3 is 2.28 bits per heavy atom. The zero-order valence-electron chi connectivity index (χ0n) is 17.0. The highest BCUT2D eigenvalue weighted by Crippen LogP contribution is 2.42. The van der Waals surface area contributed by atoms with E-state index in [2.05, 4.69) is 9.97 Å². The summed E-state index contributed by atoms with van der Waals surface area (Å²) in [6, 6.07) is 7.65. The molecule has 2 aromatic heterocycles. The first-order chi connectivity index (χ1) is 15.1. The van der Waals surface area contributed by atoms with Crippen LogP contribution in [0.5, 0.6) is 0 Å². The van der Waals surface area contributed by atoms with Crippen LogP contribution in [0.25, 0.3) is 0 Å². The number of hydrogen-bond donors (Lipinski definition) is 2. The van der Waals surface area contributed by atoms with Gasteiger partial charge in [-0.05, 0) is 55.8 Å². The second kappa shape index (κ2) is 7.93. The minimum Gasteiger partial charge on any atom is -0.503 e. The number of primary sulfonamides is 1. The van der Waals surface area contributed by atoms with Crippen LogP contribution in [-0.4, -0.2) is 35.2 Å². The van der Waals surface area contributed by atoms with E-state index in [0.717, 1.165) is 0 Å². The molecule has 0 saturated heterocycles. The number of Topliss-reactive ketones (excluding diaryl/α,β-unsaturated/α-hetero) is 1. The molecule has 164 valence electrons. The molecule has 9 nitrogen and oxygen atoms in total. The molecule has 4 rings (SSSR count). The Bertz CT molecular complexity index is 1360. The monoisotopic (exact) mass is 470 g/mol. The van der Waals surface area contributed by atoms with E-state index in [9.17, 15) is 23.1 Å². The van der Waals surface area contributed by atoms with E-state index in [-0.39, 0.29) is 16.2 Å². The van der Waals surface area contributed by atoms with E-state index < -0.39 is 33.5 Å². The number of aryl methyl sites for hydroxylation is 2. The van der Waals surface area contributed by atoms with Crippen molar-refractivity contribution >= 4 is 38.7 Å². The van der Waals surface area contributed by atoms with E-state index in [1.54, 1.807) is 26.0 Å². The fourth-order valence-corrected chi connectivity index (χ4v) is 5.01. The van der Waals surface area contributed by atoms with E-state index in [1.165, 1.54) is 52.9 Å². The smallest absolute Gasteiger partial charge is 0.294 e. The molecule has 0 saturated carbocycles. The van der Waals surface area contributed by atoms with Gasteiger partial charge in [0.15, 0.2) is 5.76 Å². The third-order valence-electron chi connectivity index (χ3n) is 5.03. The Hall–Kier alpha value is -3.41. The van der Waals surface area contributed by atoms with Crippen molar-refractivity contribution in [1.82, 2.24) is 9.97 Å². The number of nitrogens with zero attached hydrogens (tertiary/aromatic N) is 3. The molecule has 3 N–H and O–H groups in total. The Kier molecular flexibility index (Phi) is 5.41. The van der Waals surface area contributed by atoms with Gasteiger partial charge < -0.3 is 5.11 Å². The van der Waals surface area contributed by atoms with Crippen molar-refractivity contribution in [3.05, 3.63) is 81.3 Å². The van der Waals surface area contributed by atoms with Crippen LogP contribution in [0.2, 0.25) is 0 Å². The van der Waals surface area contributed by atoms with Crippen LogP contribution >= 0.6 is 11.3 Å². The van der Waals surface area contributed by atoms with Gasteiger partial charge in [0.1, 0.15) is 0 Å². The zero-order chi connectivity index (χ0) is 23.2. The molecule has 3 aromatic rings. The van der Waals surface area contributed by atoms with E-state index in [1.807, 2.05) is 0 Å². The number of aliphatic hydroxyl groups is 1. The summed E-state index contributed by atoms with van der Waals surface area (Å²) < 4.78 is 23.2. The van der Waals surface area contributed by atoms with Gasteiger partial charge in [-0.1, -0.05) is 0 Å². The maximum Gasteiger partial charge on any atom is 0.294 e. The molecule has 0 bridgehead atoms. The van der Waals surface area contributed by atoms with E-state index >= 15 is 0 Å². The maximum atomic E-state index is 13.4. The lowest BCUT2D eigenvalue weighted by Gasteiger charge is -2.26. The van der Waals surface area contributed by atoms with E-state index in [0.29, 0.717) is 21.1 Å². The molecule has 0 aliphatic carbocycles. The average molecular weight is 471 g/mol. The largest absolute Gasteiger partial charge is 0.503 e. The quantitative estimate of drug-likeness (QED) is 0.545. The van der Waals surface area contributed by atoms with Crippen LogP contribution in [0.1, 0.15) is 32.0 Å². The summed E-state index contributed by atoms with van der Waals surface area (Å²) in [6.45, 7) is 3.46. The second-order valence-corrected chi connectivity index (χ2v) is 9.90. The minimum atomic E-state index is -3.93. The normalized spacial score (nSPS) is 16.7. The van der Waals surface area contributed by atoms with Crippen LogP contribution in [-0.2, 0) is 14.8 Å². The molecule has 11 heteroatoms. The van der Waals surface area contributed by atoms with Crippen LogP contribution < -0.4 is 10.0 Å². The van der Waals surface area contributed by atoms with E-state index in [4.69, 9.17) is 5.14 Å². The van der Waals surface area contributed by atoms with Crippen molar-refractivity contribution in [3.63, 3.8) is 0 Å². The number of carbonyl (C=O) groups is 2. The highest BCUT2D eigenvalue weighted by Gasteiger charge is 2.45. The van der Waals surface area contributed by atoms with Crippen LogP contribution in [0, 0.1) is 13.8 Å². The number of nitrogens with two attached hydrogens (primary N) is 1. The Labute approximate surface area is 187 Å². The predicted octanol–water partition coefficient (Wildman–Crippen LogP) is 2.59. The fraction of sp³-hybridized carbons (Fsp3) is 0.143. The lowest BCUT2D eigenvalue weighted by Crippen LogP contribution is -2.31. The summed E-state index contributed by atoms with van der Waals surface area (Å²) in [6.07, 6.45) is 3.03.